The number of aliphatic carboxylic acids is 1. The SMILES string of the molecule is CC(C)Nc1ccn(-c2cc(O[C@@H]3C[C@H]4C(=O)C[C@]5(C(=O)O)C[C@H]5CCCCCCC[C@H](CC(=O)OC5C[C@@H]6C[C@@H]6C5)C(=O)N4C3)c3ccc(OCCN4CCOCC4)cc3n2)n1. The summed E-state index contributed by atoms with van der Waals surface area (Å²) < 4.78 is 26.2. The zero-order valence-electron chi connectivity index (χ0n) is 36.9. The number of ether oxygens (including phenoxy) is 4. The van der Waals surface area contributed by atoms with Crippen LogP contribution in [0.4, 0.5) is 5.82 Å². The molecule has 1 unspecified atom stereocenters. The number of esters is 1. The summed E-state index contributed by atoms with van der Waals surface area (Å²) in [4.78, 5) is 64.6. The number of benzene rings is 1. The minimum atomic E-state index is -1.11. The van der Waals surface area contributed by atoms with Crippen molar-refractivity contribution in [3.05, 3.63) is 36.5 Å². The first-order valence-corrected chi connectivity index (χ1v) is 23.6. The van der Waals surface area contributed by atoms with Gasteiger partial charge in [-0.2, -0.15) is 0 Å². The number of rotatable bonds is 13. The van der Waals surface area contributed by atoms with Gasteiger partial charge < -0.3 is 34.3 Å². The highest BCUT2D eigenvalue weighted by Gasteiger charge is 2.61. The summed E-state index contributed by atoms with van der Waals surface area (Å²) in [7, 11) is 0. The molecule has 3 saturated carbocycles. The summed E-state index contributed by atoms with van der Waals surface area (Å²) in [6.07, 6.45) is 10.5. The highest BCUT2D eigenvalue weighted by Crippen LogP contribution is 2.58. The largest absolute Gasteiger partial charge is 0.492 e. The third kappa shape index (κ3) is 10.1. The maximum Gasteiger partial charge on any atom is 0.310 e. The lowest BCUT2D eigenvalue weighted by Gasteiger charge is -2.29. The van der Waals surface area contributed by atoms with Crippen LogP contribution in [-0.2, 0) is 28.7 Å². The summed E-state index contributed by atoms with van der Waals surface area (Å²) in [5, 5.41) is 19.3. The van der Waals surface area contributed by atoms with E-state index in [0.29, 0.717) is 59.9 Å². The number of carboxylic acids is 1. The smallest absolute Gasteiger partial charge is 0.310 e. The van der Waals surface area contributed by atoms with Gasteiger partial charge in [0.2, 0.25) is 5.91 Å². The number of pyridine rings is 1. The van der Waals surface area contributed by atoms with E-state index in [1.807, 2.05) is 50.4 Å². The highest BCUT2D eigenvalue weighted by molar-refractivity contribution is 5.95. The Hall–Kier alpha value is -4.76. The van der Waals surface area contributed by atoms with Gasteiger partial charge in [-0.15, -0.1) is 5.10 Å². The Morgan fingerprint density at radius 1 is 0.968 bits per heavy atom. The Labute approximate surface area is 369 Å². The lowest BCUT2D eigenvalue weighted by atomic mass is 9.90. The topological polar surface area (TPSA) is 175 Å². The predicted octanol–water partition coefficient (Wildman–Crippen LogP) is 6.44. The summed E-state index contributed by atoms with van der Waals surface area (Å²) >= 11 is 0. The van der Waals surface area contributed by atoms with Crippen LogP contribution in [0.1, 0.15) is 104 Å². The fourth-order valence-corrected chi connectivity index (χ4v) is 10.8. The first-order chi connectivity index (χ1) is 30.5. The molecule has 0 spiro atoms. The maximum atomic E-state index is 14.8. The van der Waals surface area contributed by atoms with Gasteiger partial charge in [-0.3, -0.25) is 24.1 Å². The van der Waals surface area contributed by atoms with Crippen LogP contribution in [0.5, 0.6) is 11.5 Å². The van der Waals surface area contributed by atoms with E-state index in [9.17, 15) is 24.3 Å². The summed E-state index contributed by atoms with van der Waals surface area (Å²) in [6, 6.07) is 8.71. The van der Waals surface area contributed by atoms with Crippen molar-refractivity contribution in [3.63, 3.8) is 0 Å². The number of carbonyl (C=O) groups excluding carboxylic acids is 3. The lowest BCUT2D eigenvalue weighted by molar-refractivity contribution is -0.154. The second-order valence-corrected chi connectivity index (χ2v) is 19.5. The number of hydrogen-bond acceptors (Lipinski definition) is 12. The zero-order valence-corrected chi connectivity index (χ0v) is 36.9. The van der Waals surface area contributed by atoms with Crippen molar-refractivity contribution in [1.29, 1.82) is 0 Å². The van der Waals surface area contributed by atoms with Crippen LogP contribution in [0, 0.1) is 29.1 Å². The molecule has 15 heteroatoms. The third-order valence-corrected chi connectivity index (χ3v) is 14.5. The van der Waals surface area contributed by atoms with Crippen molar-refractivity contribution < 1.29 is 43.2 Å². The van der Waals surface area contributed by atoms with Crippen molar-refractivity contribution >= 4 is 40.3 Å². The van der Waals surface area contributed by atoms with Gasteiger partial charge in [-0.1, -0.05) is 32.1 Å². The first kappa shape index (κ1) is 43.5. The molecule has 6 aliphatic rings. The van der Waals surface area contributed by atoms with Gasteiger partial charge in [0.05, 0.1) is 43.2 Å². The molecule has 340 valence electrons. The fraction of sp³-hybridized carbons (Fsp3) is 0.667. The molecule has 2 aromatic heterocycles. The molecular formula is C48H64N6O9. The number of anilines is 1. The Morgan fingerprint density at radius 2 is 1.75 bits per heavy atom. The molecule has 3 aliphatic carbocycles. The van der Waals surface area contributed by atoms with Crippen molar-refractivity contribution in [2.75, 3.05) is 51.3 Å². The second-order valence-electron chi connectivity index (χ2n) is 19.5. The molecular weight excluding hydrogens is 805 g/mol. The number of nitrogens with zero attached hydrogens (tertiary/aromatic N) is 5. The Morgan fingerprint density at radius 3 is 2.52 bits per heavy atom. The number of aromatic nitrogens is 3. The minimum absolute atomic E-state index is 0.0402. The molecule has 6 fully saturated rings. The Bertz CT molecular complexity index is 2140. The quantitative estimate of drug-likeness (QED) is 0.180. The average molecular weight is 869 g/mol. The van der Waals surface area contributed by atoms with Gasteiger partial charge in [-0.25, -0.2) is 9.67 Å². The monoisotopic (exact) mass is 868 g/mol. The zero-order chi connectivity index (χ0) is 43.7. The third-order valence-electron chi connectivity index (χ3n) is 14.5. The van der Waals surface area contributed by atoms with Crippen molar-refractivity contribution in [2.24, 2.45) is 29.1 Å². The Balaban J connectivity index is 0.993. The van der Waals surface area contributed by atoms with Crippen LogP contribution in [0.15, 0.2) is 36.5 Å². The molecule has 1 amide bonds. The van der Waals surface area contributed by atoms with Crippen LogP contribution < -0.4 is 14.8 Å². The van der Waals surface area contributed by atoms with Crippen LogP contribution in [0.3, 0.4) is 0 Å². The van der Waals surface area contributed by atoms with E-state index >= 15 is 0 Å². The minimum Gasteiger partial charge on any atom is -0.492 e. The van der Waals surface area contributed by atoms with Crippen molar-refractivity contribution in [2.45, 2.75) is 128 Å². The van der Waals surface area contributed by atoms with Crippen LogP contribution in [0.25, 0.3) is 16.7 Å². The maximum absolute atomic E-state index is 14.8. The number of morpholine rings is 1. The average Bonchev–Trinajstić information content (AvgIpc) is 3.91. The molecule has 15 nitrogen and oxygen atoms in total. The van der Waals surface area contributed by atoms with Crippen LogP contribution >= 0.6 is 0 Å². The molecule has 8 atom stereocenters. The molecule has 3 aromatic rings. The van der Waals surface area contributed by atoms with E-state index < -0.39 is 29.4 Å². The van der Waals surface area contributed by atoms with E-state index in [-0.39, 0.29) is 61.5 Å². The van der Waals surface area contributed by atoms with E-state index in [1.54, 1.807) is 9.58 Å². The van der Waals surface area contributed by atoms with E-state index in [0.717, 1.165) is 89.6 Å². The number of amides is 1. The molecule has 3 saturated heterocycles. The predicted molar refractivity (Wildman–Crippen MR) is 234 cm³/mol. The number of ketones is 1. The number of fused-ring (bicyclic) bond motifs is 4. The van der Waals surface area contributed by atoms with Crippen LogP contribution in [-0.4, -0.2) is 124 Å². The number of carboxylic acid groups (broad SMARTS) is 1. The summed E-state index contributed by atoms with van der Waals surface area (Å²) in [5.41, 5.74) is -0.483. The molecule has 0 radical (unpaired) electrons. The van der Waals surface area contributed by atoms with Crippen molar-refractivity contribution in [1.82, 2.24) is 24.6 Å². The van der Waals surface area contributed by atoms with Gasteiger partial charge in [0, 0.05) is 74.2 Å². The first-order valence-electron chi connectivity index (χ1n) is 23.6. The van der Waals surface area contributed by atoms with Crippen molar-refractivity contribution in [3.8, 4) is 17.3 Å². The molecule has 5 heterocycles. The summed E-state index contributed by atoms with van der Waals surface area (Å²) in [5.74, 6) is 1.16. The number of carbonyl (C=O) groups is 4. The van der Waals surface area contributed by atoms with Gasteiger partial charge in [-0.05, 0) is 82.3 Å². The molecule has 9 rings (SSSR count). The lowest BCUT2D eigenvalue weighted by Crippen LogP contribution is -2.45. The standard InChI is InChI=1S/C48H64N6O9/c1-30(2)49-43-12-13-54(51-43)44-26-42(38-11-10-35(24-39(38)50-44)61-19-16-52-14-17-60-18-15-52)62-37-25-40-41(55)28-48(47(58)59)27-34(48)9-7-5-3-4-6-8-31(46(57)53(40)29-37)23-45(56)63-36-21-32-20-33(32)22-36/h10-13,24,26,30-34,36-37,40H,3-9,14-23,25,27-29H2,1-2H3,(H,49,51)(H,58,59)/t31-,32-,33+,34-,36?,37-,40+,48-/m1/s1. The number of hydrogen-bond donors (Lipinski definition) is 2. The highest BCUT2D eigenvalue weighted by atomic mass is 16.5. The Kier molecular flexibility index (Phi) is 12.9. The molecule has 2 N–H and O–H groups in total. The normalized spacial score (nSPS) is 30.2. The molecule has 3 aliphatic heterocycles. The van der Waals surface area contributed by atoms with E-state index in [1.165, 1.54) is 6.42 Å². The van der Waals surface area contributed by atoms with Gasteiger partial charge in [0.25, 0.3) is 0 Å². The van der Waals surface area contributed by atoms with Gasteiger partial charge in [0.1, 0.15) is 36.1 Å². The fourth-order valence-electron chi connectivity index (χ4n) is 10.8. The second kappa shape index (κ2) is 18.8. The van der Waals surface area contributed by atoms with Gasteiger partial charge >= 0.3 is 11.9 Å². The number of Topliss-reactive ketones (excluding diaryl/α,β-unsaturated/α-hetero) is 1. The molecule has 0 bridgehead atoms. The molecule has 1 aromatic carbocycles. The van der Waals surface area contributed by atoms with Crippen LogP contribution in [0.2, 0.25) is 0 Å². The van der Waals surface area contributed by atoms with E-state index in [4.69, 9.17) is 29.0 Å². The number of nitrogens with one attached hydrogen (secondary N) is 1. The summed E-state index contributed by atoms with van der Waals surface area (Å²) in [6.45, 7) is 8.65. The molecule has 63 heavy (non-hydrogen) atoms. The van der Waals surface area contributed by atoms with Gasteiger partial charge in [0.15, 0.2) is 11.6 Å². The van der Waals surface area contributed by atoms with E-state index in [2.05, 4.69) is 10.2 Å².